The van der Waals surface area contributed by atoms with Crippen LogP contribution in [0.15, 0.2) is 65.6 Å². The van der Waals surface area contributed by atoms with E-state index in [1.165, 1.54) is 11.8 Å². The predicted octanol–water partition coefficient (Wildman–Crippen LogP) is 4.05. The fourth-order valence-electron chi connectivity index (χ4n) is 4.02. The number of hydrogen-bond acceptors (Lipinski definition) is 4. The average Bonchev–Trinajstić information content (AvgIpc) is 2.99. The van der Waals surface area contributed by atoms with Gasteiger partial charge in [0.2, 0.25) is 0 Å². The van der Waals surface area contributed by atoms with Crippen molar-refractivity contribution in [3.05, 3.63) is 66.2 Å². The summed E-state index contributed by atoms with van der Waals surface area (Å²) in [6, 6.07) is 18.4. The lowest BCUT2D eigenvalue weighted by Gasteiger charge is -2.33. The molecule has 2 aromatic carbocycles. The molecule has 1 aliphatic heterocycles. The Labute approximate surface area is 180 Å². The van der Waals surface area contributed by atoms with Crippen LogP contribution in [0.25, 0.3) is 0 Å². The largest absolute Gasteiger partial charge is 0.344 e. The highest BCUT2D eigenvalue weighted by atomic mass is 32.2. The summed E-state index contributed by atoms with van der Waals surface area (Å²) in [5, 5.41) is 3.11. The zero-order valence-corrected chi connectivity index (χ0v) is 17.7. The van der Waals surface area contributed by atoms with E-state index in [9.17, 15) is 14.4 Å². The number of carbonyl (C=O) groups excluding carboxylic acids is 3. The van der Waals surface area contributed by atoms with Gasteiger partial charge in [-0.25, -0.2) is 4.79 Å². The van der Waals surface area contributed by atoms with Crippen molar-refractivity contribution >= 4 is 29.6 Å². The van der Waals surface area contributed by atoms with Crippen LogP contribution in [0.1, 0.15) is 43.4 Å². The molecule has 7 heteroatoms. The first-order chi connectivity index (χ1) is 14.5. The van der Waals surface area contributed by atoms with Crippen LogP contribution in [-0.2, 0) is 9.59 Å². The maximum atomic E-state index is 13.2. The van der Waals surface area contributed by atoms with E-state index in [4.69, 9.17) is 0 Å². The van der Waals surface area contributed by atoms with Crippen molar-refractivity contribution in [3.8, 4) is 0 Å². The molecule has 1 aliphatic carbocycles. The Morgan fingerprint density at radius 3 is 2.30 bits per heavy atom. The Morgan fingerprint density at radius 2 is 1.67 bits per heavy atom. The van der Waals surface area contributed by atoms with E-state index in [0.717, 1.165) is 28.3 Å². The van der Waals surface area contributed by atoms with E-state index in [0.29, 0.717) is 18.8 Å². The number of benzene rings is 2. The predicted molar refractivity (Wildman–Crippen MR) is 115 cm³/mol. The zero-order valence-electron chi connectivity index (χ0n) is 16.8. The van der Waals surface area contributed by atoms with Gasteiger partial charge in [-0.15, -0.1) is 11.8 Å². The second kappa shape index (κ2) is 8.52. The molecule has 2 N–H and O–H groups in total. The molecule has 1 unspecified atom stereocenters. The molecule has 1 saturated heterocycles. The van der Waals surface area contributed by atoms with Crippen molar-refractivity contribution in [2.45, 2.75) is 48.3 Å². The fourth-order valence-corrected chi connectivity index (χ4v) is 5.06. The van der Waals surface area contributed by atoms with Crippen LogP contribution in [0.4, 0.5) is 4.79 Å². The molecule has 156 valence electrons. The number of hydrogen-bond donors (Lipinski definition) is 2. The molecule has 0 radical (unpaired) electrons. The monoisotopic (exact) mass is 423 g/mol. The number of imide groups is 1. The third-order valence-electron chi connectivity index (χ3n) is 5.85. The molecule has 30 heavy (non-hydrogen) atoms. The van der Waals surface area contributed by atoms with Gasteiger partial charge in [0, 0.05) is 4.90 Å². The van der Waals surface area contributed by atoms with Gasteiger partial charge in [0.1, 0.15) is 10.8 Å². The summed E-state index contributed by atoms with van der Waals surface area (Å²) >= 11 is 1.38. The molecule has 0 bridgehead atoms. The van der Waals surface area contributed by atoms with E-state index in [2.05, 4.69) is 17.7 Å². The van der Waals surface area contributed by atoms with E-state index in [1.54, 1.807) is 0 Å². The van der Waals surface area contributed by atoms with Gasteiger partial charge in [0.15, 0.2) is 0 Å². The minimum atomic E-state index is -0.883. The van der Waals surface area contributed by atoms with Crippen molar-refractivity contribution in [2.24, 2.45) is 5.92 Å². The standard InChI is InChI=1S/C23H25N3O3S/c1-16-12-14-23(15-13-16)21(28)26(22(29)24-23)25-20(27)19(17-8-4-2-5-9-17)30-18-10-6-3-7-11-18/h2-11,16,19H,12-15H2,1H3,(H,24,29)(H,25,27). The van der Waals surface area contributed by atoms with Crippen molar-refractivity contribution in [1.29, 1.82) is 0 Å². The topological polar surface area (TPSA) is 78.5 Å². The summed E-state index contributed by atoms with van der Waals surface area (Å²) in [5.74, 6) is -0.224. The first-order valence-electron chi connectivity index (χ1n) is 10.2. The number of urea groups is 1. The summed E-state index contributed by atoms with van der Waals surface area (Å²) in [5.41, 5.74) is 2.51. The summed E-state index contributed by atoms with van der Waals surface area (Å²) in [6.45, 7) is 2.15. The van der Waals surface area contributed by atoms with Gasteiger partial charge < -0.3 is 5.32 Å². The Hall–Kier alpha value is -2.80. The summed E-state index contributed by atoms with van der Waals surface area (Å²) < 4.78 is 0. The van der Waals surface area contributed by atoms with E-state index in [-0.39, 0.29) is 5.91 Å². The molecule has 6 nitrogen and oxygen atoms in total. The number of rotatable bonds is 5. The Bertz CT molecular complexity index is 927. The van der Waals surface area contributed by atoms with Crippen molar-refractivity contribution in [1.82, 2.24) is 15.8 Å². The summed E-state index contributed by atoms with van der Waals surface area (Å²) in [6.07, 6.45) is 2.96. The molecule has 2 fully saturated rings. The second-order valence-electron chi connectivity index (χ2n) is 8.03. The highest BCUT2D eigenvalue weighted by molar-refractivity contribution is 8.00. The lowest BCUT2D eigenvalue weighted by atomic mass is 9.77. The highest BCUT2D eigenvalue weighted by Crippen LogP contribution is 2.37. The van der Waals surface area contributed by atoms with Crippen LogP contribution in [0.2, 0.25) is 0 Å². The van der Waals surface area contributed by atoms with Gasteiger partial charge in [-0.3, -0.25) is 15.0 Å². The molecular weight excluding hydrogens is 398 g/mol. The van der Waals surface area contributed by atoms with Crippen molar-refractivity contribution in [3.63, 3.8) is 0 Å². The molecule has 1 saturated carbocycles. The molecule has 1 atom stereocenters. The zero-order chi connectivity index (χ0) is 21.1. The molecule has 4 rings (SSSR count). The van der Waals surface area contributed by atoms with Crippen molar-refractivity contribution < 1.29 is 14.4 Å². The van der Waals surface area contributed by atoms with Crippen LogP contribution in [0.3, 0.4) is 0 Å². The van der Waals surface area contributed by atoms with E-state index >= 15 is 0 Å². The third-order valence-corrected chi connectivity index (χ3v) is 7.12. The molecule has 1 spiro atoms. The Kier molecular flexibility index (Phi) is 5.81. The normalized spacial score (nSPS) is 24.6. The van der Waals surface area contributed by atoms with E-state index < -0.39 is 22.7 Å². The van der Waals surface area contributed by atoms with Crippen LogP contribution >= 0.6 is 11.8 Å². The molecular formula is C23H25N3O3S. The second-order valence-corrected chi connectivity index (χ2v) is 9.21. The number of carbonyl (C=O) groups is 3. The summed E-state index contributed by atoms with van der Waals surface area (Å²) in [4.78, 5) is 39.8. The van der Waals surface area contributed by atoms with Gasteiger partial charge in [-0.05, 0) is 49.3 Å². The number of amides is 4. The first-order valence-corrected chi connectivity index (χ1v) is 11.1. The molecule has 4 amide bonds. The quantitative estimate of drug-likeness (QED) is 0.562. The Morgan fingerprint density at radius 1 is 1.07 bits per heavy atom. The fraction of sp³-hybridized carbons (Fsp3) is 0.348. The van der Waals surface area contributed by atoms with Crippen molar-refractivity contribution in [2.75, 3.05) is 0 Å². The maximum absolute atomic E-state index is 13.2. The summed E-state index contributed by atoms with van der Waals surface area (Å²) in [7, 11) is 0. The smallest absolute Gasteiger partial charge is 0.322 e. The van der Waals surface area contributed by atoms with E-state index in [1.807, 2.05) is 60.7 Å². The van der Waals surface area contributed by atoms with Gasteiger partial charge >= 0.3 is 6.03 Å². The number of nitrogens with one attached hydrogen (secondary N) is 2. The van der Waals surface area contributed by atoms with Gasteiger partial charge in [0.05, 0.1) is 0 Å². The van der Waals surface area contributed by atoms with Crippen LogP contribution in [0, 0.1) is 5.92 Å². The van der Waals surface area contributed by atoms with Crippen LogP contribution in [-0.4, -0.2) is 28.4 Å². The Balaban J connectivity index is 1.53. The molecule has 2 aromatic rings. The minimum absolute atomic E-state index is 0.357. The molecule has 0 aromatic heterocycles. The number of thioether (sulfide) groups is 1. The highest BCUT2D eigenvalue weighted by Gasteiger charge is 2.53. The minimum Gasteiger partial charge on any atom is -0.322 e. The number of nitrogens with zero attached hydrogens (tertiary/aromatic N) is 1. The number of hydrazine groups is 1. The van der Waals surface area contributed by atoms with Crippen LogP contribution < -0.4 is 10.7 Å². The average molecular weight is 424 g/mol. The van der Waals surface area contributed by atoms with Crippen LogP contribution in [0.5, 0.6) is 0 Å². The van der Waals surface area contributed by atoms with Gasteiger partial charge in [-0.2, -0.15) is 5.01 Å². The van der Waals surface area contributed by atoms with Gasteiger partial charge in [-0.1, -0.05) is 55.5 Å². The SMILES string of the molecule is CC1CCC2(CC1)NC(=O)N(NC(=O)C(Sc1ccccc1)c1ccccc1)C2=O. The molecule has 1 heterocycles. The third kappa shape index (κ3) is 4.07. The first kappa shape index (κ1) is 20.5. The lowest BCUT2D eigenvalue weighted by molar-refractivity contribution is -0.140. The maximum Gasteiger partial charge on any atom is 0.344 e. The lowest BCUT2D eigenvalue weighted by Crippen LogP contribution is -2.52. The van der Waals surface area contributed by atoms with Gasteiger partial charge in [0.25, 0.3) is 11.8 Å². The molecule has 2 aliphatic rings.